The molecule has 2 aliphatic heterocycles. The van der Waals surface area contributed by atoms with Gasteiger partial charge >= 0.3 is 0 Å². The number of hydrogen-bond donors (Lipinski definition) is 2. The molecule has 20 heavy (non-hydrogen) atoms. The maximum Gasteiger partial charge on any atom is 0.191 e. The van der Waals surface area contributed by atoms with Gasteiger partial charge in [-0.05, 0) is 50.4 Å². The van der Waals surface area contributed by atoms with Gasteiger partial charge in [0.15, 0.2) is 5.96 Å². The summed E-state index contributed by atoms with van der Waals surface area (Å²) in [5.74, 6) is 2.96. The number of nitrogens with zero attached hydrogens (tertiary/aromatic N) is 2. The molecule has 0 radical (unpaired) electrons. The van der Waals surface area contributed by atoms with Crippen LogP contribution in [-0.2, 0) is 0 Å². The Kier molecular flexibility index (Phi) is 7.00. The van der Waals surface area contributed by atoms with Gasteiger partial charge in [-0.15, -0.1) is 0 Å². The van der Waals surface area contributed by atoms with E-state index in [2.05, 4.69) is 39.2 Å². The highest BCUT2D eigenvalue weighted by atomic mass is 32.2. The average molecular weight is 298 g/mol. The molecule has 0 spiro atoms. The van der Waals surface area contributed by atoms with E-state index in [0.717, 1.165) is 24.3 Å². The zero-order chi connectivity index (χ0) is 14.2. The molecule has 0 aromatic carbocycles. The van der Waals surface area contributed by atoms with Crippen molar-refractivity contribution in [3.05, 3.63) is 0 Å². The fourth-order valence-electron chi connectivity index (χ4n) is 2.98. The molecule has 2 fully saturated rings. The van der Waals surface area contributed by atoms with E-state index >= 15 is 0 Å². The summed E-state index contributed by atoms with van der Waals surface area (Å²) >= 11 is 2.09. The third-order valence-corrected chi connectivity index (χ3v) is 5.53. The van der Waals surface area contributed by atoms with Gasteiger partial charge in [0, 0.05) is 31.9 Å². The Morgan fingerprint density at radius 1 is 1.30 bits per heavy atom. The van der Waals surface area contributed by atoms with Crippen LogP contribution >= 0.6 is 11.8 Å². The Balaban J connectivity index is 1.59. The molecule has 2 saturated heterocycles. The van der Waals surface area contributed by atoms with Gasteiger partial charge in [0.05, 0.1) is 0 Å². The summed E-state index contributed by atoms with van der Waals surface area (Å²) < 4.78 is 0. The second-order valence-corrected chi connectivity index (χ2v) is 7.49. The lowest BCUT2D eigenvalue weighted by Crippen LogP contribution is -2.43. The second kappa shape index (κ2) is 8.78. The van der Waals surface area contributed by atoms with Crippen LogP contribution < -0.4 is 10.6 Å². The van der Waals surface area contributed by atoms with Gasteiger partial charge in [-0.3, -0.25) is 4.99 Å². The molecule has 2 aliphatic rings. The van der Waals surface area contributed by atoms with Gasteiger partial charge in [0.25, 0.3) is 0 Å². The first-order valence-electron chi connectivity index (χ1n) is 8.06. The molecule has 0 aromatic heterocycles. The summed E-state index contributed by atoms with van der Waals surface area (Å²) in [7, 11) is 1.86. The van der Waals surface area contributed by atoms with Crippen molar-refractivity contribution < 1.29 is 0 Å². The summed E-state index contributed by atoms with van der Waals surface area (Å²) in [5, 5.41) is 7.71. The monoisotopic (exact) mass is 298 g/mol. The van der Waals surface area contributed by atoms with E-state index in [-0.39, 0.29) is 0 Å². The van der Waals surface area contributed by atoms with E-state index < -0.39 is 0 Å². The van der Waals surface area contributed by atoms with Crippen molar-refractivity contribution in [2.24, 2.45) is 10.9 Å². The van der Waals surface area contributed by atoms with Gasteiger partial charge in [-0.25, -0.2) is 0 Å². The molecule has 2 N–H and O–H groups in total. The van der Waals surface area contributed by atoms with Crippen molar-refractivity contribution >= 4 is 17.7 Å². The van der Waals surface area contributed by atoms with E-state index in [1.807, 2.05) is 7.05 Å². The third kappa shape index (κ3) is 5.52. The van der Waals surface area contributed by atoms with Crippen LogP contribution in [0.1, 0.15) is 32.6 Å². The lowest BCUT2D eigenvalue weighted by molar-refractivity contribution is 0.287. The number of rotatable bonds is 6. The molecule has 0 aliphatic carbocycles. The maximum atomic E-state index is 4.32. The minimum Gasteiger partial charge on any atom is -0.356 e. The fourth-order valence-corrected chi connectivity index (χ4v) is 4.18. The molecular formula is C15H30N4S. The summed E-state index contributed by atoms with van der Waals surface area (Å²) in [6.45, 7) is 8.17. The molecule has 2 rings (SSSR count). The second-order valence-electron chi connectivity index (χ2n) is 6.08. The summed E-state index contributed by atoms with van der Waals surface area (Å²) in [5.41, 5.74) is 0. The average Bonchev–Trinajstić information content (AvgIpc) is 3.12. The fraction of sp³-hybridized carbons (Fsp3) is 0.933. The SMILES string of the molecule is CN=C(NCC(C)CN1CCCC1)NCC1CCCS1. The Labute approximate surface area is 128 Å². The lowest BCUT2D eigenvalue weighted by atomic mass is 10.1. The normalized spacial score (nSPS) is 25.9. The largest absolute Gasteiger partial charge is 0.356 e. The first-order chi connectivity index (χ1) is 9.78. The highest BCUT2D eigenvalue weighted by molar-refractivity contribution is 8.00. The highest BCUT2D eigenvalue weighted by Crippen LogP contribution is 2.25. The van der Waals surface area contributed by atoms with Gasteiger partial charge in [0.2, 0.25) is 0 Å². The van der Waals surface area contributed by atoms with Crippen LogP contribution in [0.25, 0.3) is 0 Å². The molecule has 2 unspecified atom stereocenters. The van der Waals surface area contributed by atoms with Crippen molar-refractivity contribution in [3.8, 4) is 0 Å². The highest BCUT2D eigenvalue weighted by Gasteiger charge is 2.17. The van der Waals surface area contributed by atoms with Crippen LogP contribution in [0.5, 0.6) is 0 Å². The van der Waals surface area contributed by atoms with Crippen molar-refractivity contribution in [1.29, 1.82) is 0 Å². The third-order valence-electron chi connectivity index (χ3n) is 4.13. The minimum absolute atomic E-state index is 0.674. The van der Waals surface area contributed by atoms with E-state index in [9.17, 15) is 0 Å². The zero-order valence-electron chi connectivity index (χ0n) is 13.0. The van der Waals surface area contributed by atoms with Gasteiger partial charge in [-0.2, -0.15) is 11.8 Å². The van der Waals surface area contributed by atoms with E-state index in [0.29, 0.717) is 5.92 Å². The molecular weight excluding hydrogens is 268 g/mol. The topological polar surface area (TPSA) is 39.7 Å². The van der Waals surface area contributed by atoms with Crippen LogP contribution in [0.2, 0.25) is 0 Å². The minimum atomic E-state index is 0.674. The van der Waals surface area contributed by atoms with Gasteiger partial charge in [-0.1, -0.05) is 6.92 Å². The summed E-state index contributed by atoms with van der Waals surface area (Å²) in [4.78, 5) is 6.91. The Bertz CT molecular complexity index is 296. The van der Waals surface area contributed by atoms with E-state index in [1.165, 1.54) is 51.1 Å². The number of likely N-dealkylation sites (tertiary alicyclic amines) is 1. The lowest BCUT2D eigenvalue weighted by Gasteiger charge is -2.22. The molecule has 2 heterocycles. The van der Waals surface area contributed by atoms with Crippen LogP contribution in [0.15, 0.2) is 4.99 Å². The smallest absolute Gasteiger partial charge is 0.191 e. The molecule has 5 heteroatoms. The van der Waals surface area contributed by atoms with Crippen molar-refractivity contribution in [3.63, 3.8) is 0 Å². The Morgan fingerprint density at radius 2 is 2.10 bits per heavy atom. The molecule has 0 saturated carbocycles. The number of thioether (sulfide) groups is 1. The van der Waals surface area contributed by atoms with Crippen molar-refractivity contribution in [1.82, 2.24) is 15.5 Å². The van der Waals surface area contributed by atoms with Crippen LogP contribution in [0.3, 0.4) is 0 Å². The van der Waals surface area contributed by atoms with Crippen LogP contribution in [0.4, 0.5) is 0 Å². The Morgan fingerprint density at radius 3 is 2.75 bits per heavy atom. The number of guanidine groups is 1. The van der Waals surface area contributed by atoms with E-state index in [1.54, 1.807) is 0 Å². The number of aliphatic imine (C=N–C) groups is 1. The molecule has 4 nitrogen and oxygen atoms in total. The molecule has 116 valence electrons. The first kappa shape index (κ1) is 16.0. The van der Waals surface area contributed by atoms with Gasteiger partial charge < -0.3 is 15.5 Å². The number of hydrogen-bond acceptors (Lipinski definition) is 3. The number of nitrogens with one attached hydrogen (secondary N) is 2. The molecule has 0 aromatic rings. The first-order valence-corrected chi connectivity index (χ1v) is 9.11. The van der Waals surface area contributed by atoms with Crippen molar-refractivity contribution in [2.75, 3.05) is 45.5 Å². The quantitative estimate of drug-likeness (QED) is 0.579. The molecule has 0 bridgehead atoms. The van der Waals surface area contributed by atoms with E-state index in [4.69, 9.17) is 0 Å². The van der Waals surface area contributed by atoms with Gasteiger partial charge in [0.1, 0.15) is 0 Å². The standard InChI is InChI=1S/C15H30N4S/c1-13(12-19-7-3-4-8-19)10-17-15(16-2)18-11-14-6-5-9-20-14/h13-14H,3-12H2,1-2H3,(H2,16,17,18). The van der Waals surface area contributed by atoms with Crippen molar-refractivity contribution in [2.45, 2.75) is 37.9 Å². The van der Waals surface area contributed by atoms with Crippen LogP contribution in [0, 0.1) is 5.92 Å². The summed E-state index contributed by atoms with van der Waals surface area (Å²) in [6.07, 6.45) is 5.47. The van der Waals surface area contributed by atoms with Crippen LogP contribution in [-0.4, -0.2) is 61.6 Å². The maximum absolute atomic E-state index is 4.32. The zero-order valence-corrected chi connectivity index (χ0v) is 13.8. The predicted octanol–water partition coefficient (Wildman–Crippen LogP) is 1.78. The molecule has 2 atom stereocenters. The summed E-state index contributed by atoms with van der Waals surface area (Å²) in [6, 6.07) is 0. The Hall–Kier alpha value is -0.420. The predicted molar refractivity (Wildman–Crippen MR) is 89.7 cm³/mol. The molecule has 0 amide bonds.